The first kappa shape index (κ1) is 28.9. The first-order chi connectivity index (χ1) is 20.6. The average Bonchev–Trinajstić information content (AvgIpc) is 3.93. The van der Waals surface area contributed by atoms with Crippen LogP contribution in [0.25, 0.3) is 11.3 Å². The molecule has 3 aliphatic rings. The summed E-state index contributed by atoms with van der Waals surface area (Å²) in [7, 11) is 1.51. The summed E-state index contributed by atoms with van der Waals surface area (Å²) in [6, 6.07) is 9.88. The van der Waals surface area contributed by atoms with Gasteiger partial charge in [-0.15, -0.1) is 0 Å². The van der Waals surface area contributed by atoms with Crippen LogP contribution in [0.1, 0.15) is 65.7 Å². The van der Waals surface area contributed by atoms with E-state index in [2.05, 4.69) is 10.3 Å². The molecule has 2 heterocycles. The Morgan fingerprint density at radius 3 is 2.67 bits per heavy atom. The smallest absolute Gasteiger partial charge is 0.251 e. The molecule has 0 bridgehead atoms. The molecule has 0 unspecified atom stereocenters. The number of nitrogens with one attached hydrogen (secondary N) is 1. The van der Waals surface area contributed by atoms with Gasteiger partial charge in [-0.25, -0.2) is 9.37 Å². The molecule has 0 spiro atoms. The fraction of sp³-hybridized carbons (Fsp3) is 0.375. The summed E-state index contributed by atoms with van der Waals surface area (Å²) in [4.78, 5) is 35.5. The summed E-state index contributed by atoms with van der Waals surface area (Å²) in [5, 5.41) is 3.05. The number of ether oxygens (including phenoxy) is 2. The maximum absolute atomic E-state index is 14.5. The molecule has 2 amide bonds. The highest BCUT2D eigenvalue weighted by Gasteiger charge is 2.45. The number of aliphatic imine (C=N–C) groups is 1. The van der Waals surface area contributed by atoms with Crippen LogP contribution in [0.2, 0.25) is 5.02 Å². The molecule has 6 rings (SSSR count). The van der Waals surface area contributed by atoms with Gasteiger partial charge in [-0.2, -0.15) is 0 Å². The minimum Gasteiger partial charge on any atom is -0.495 e. The third kappa shape index (κ3) is 5.63. The molecule has 0 radical (unpaired) electrons. The first-order valence-electron chi connectivity index (χ1n) is 14.3. The van der Waals surface area contributed by atoms with E-state index < -0.39 is 17.1 Å². The summed E-state index contributed by atoms with van der Waals surface area (Å²) in [5.41, 5.74) is 14.5. The maximum Gasteiger partial charge on any atom is 0.251 e. The van der Waals surface area contributed by atoms with Crippen molar-refractivity contribution in [3.63, 3.8) is 0 Å². The van der Waals surface area contributed by atoms with E-state index in [1.54, 1.807) is 31.3 Å². The van der Waals surface area contributed by atoms with Crippen LogP contribution in [0.4, 0.5) is 10.1 Å². The van der Waals surface area contributed by atoms with Crippen molar-refractivity contribution >= 4 is 35.3 Å². The van der Waals surface area contributed by atoms with Crippen LogP contribution >= 0.6 is 11.6 Å². The van der Waals surface area contributed by atoms with E-state index in [9.17, 15) is 14.0 Å². The van der Waals surface area contributed by atoms with Gasteiger partial charge < -0.3 is 26.3 Å². The van der Waals surface area contributed by atoms with Crippen LogP contribution in [0.5, 0.6) is 11.5 Å². The van der Waals surface area contributed by atoms with Gasteiger partial charge in [0.2, 0.25) is 5.91 Å². The normalized spacial score (nSPS) is 20.0. The van der Waals surface area contributed by atoms with Crippen LogP contribution in [0.15, 0.2) is 41.4 Å². The molecule has 2 aliphatic carbocycles. The highest BCUT2D eigenvalue weighted by Crippen LogP contribution is 2.48. The summed E-state index contributed by atoms with van der Waals surface area (Å²) < 4.78 is 25.9. The molecule has 2 aromatic carbocycles. The number of nitrogens with two attached hydrogens (primary N) is 2. The highest BCUT2D eigenvalue weighted by atomic mass is 35.5. The van der Waals surface area contributed by atoms with Crippen molar-refractivity contribution in [1.29, 1.82) is 0 Å². The van der Waals surface area contributed by atoms with Gasteiger partial charge in [-0.1, -0.05) is 17.7 Å². The molecule has 1 aromatic heterocycles. The Bertz CT molecular complexity index is 1660. The number of benzene rings is 2. The van der Waals surface area contributed by atoms with E-state index in [0.29, 0.717) is 56.9 Å². The zero-order valence-electron chi connectivity index (χ0n) is 24.0. The predicted molar refractivity (Wildman–Crippen MR) is 163 cm³/mol. The number of nitrogen functional groups attached to an aromatic ring is 1. The summed E-state index contributed by atoms with van der Waals surface area (Å²) in [6.45, 7) is 2.06. The third-order valence-corrected chi connectivity index (χ3v) is 8.82. The lowest BCUT2D eigenvalue weighted by Crippen LogP contribution is -2.40. The van der Waals surface area contributed by atoms with Crippen LogP contribution in [0, 0.1) is 11.7 Å². The number of hydrogen-bond acceptors (Lipinski definition) is 7. The number of carbonyl (C=O) groups excluding carboxylic acids is 2. The molecule has 224 valence electrons. The Kier molecular flexibility index (Phi) is 7.50. The van der Waals surface area contributed by atoms with E-state index in [0.717, 1.165) is 25.7 Å². The number of rotatable bonds is 10. The average molecular weight is 606 g/mol. The summed E-state index contributed by atoms with van der Waals surface area (Å²) in [6.07, 6.45) is 5.72. The molecular formula is C32H33ClFN5O4. The van der Waals surface area contributed by atoms with E-state index in [-0.39, 0.29) is 35.9 Å². The minimum absolute atomic E-state index is 0.0146. The van der Waals surface area contributed by atoms with Gasteiger partial charge >= 0.3 is 0 Å². The number of halogens is 2. The number of aromatic nitrogens is 1. The molecule has 43 heavy (non-hydrogen) atoms. The van der Waals surface area contributed by atoms with Crippen LogP contribution < -0.4 is 26.3 Å². The zero-order chi connectivity index (χ0) is 30.5. The van der Waals surface area contributed by atoms with Gasteiger partial charge in [-0.3, -0.25) is 14.6 Å². The van der Waals surface area contributed by atoms with Crippen molar-refractivity contribution in [3.05, 3.63) is 69.6 Å². The molecule has 2 fully saturated rings. The molecule has 9 nitrogen and oxygen atoms in total. The van der Waals surface area contributed by atoms with E-state index in [4.69, 9.17) is 37.5 Å². The van der Waals surface area contributed by atoms with Gasteiger partial charge in [0.05, 0.1) is 23.9 Å². The summed E-state index contributed by atoms with van der Waals surface area (Å²) in [5.74, 6) is -0.543. The Morgan fingerprint density at radius 2 is 2.02 bits per heavy atom. The standard InChI is InChI=1S/C32H33ClFN5O4/c1-32(31(36)41)15-43-29-22(32)12-25(39-28(29)17-5-8-23(33)24(34)10-17)21(16-3-4-16)14-38-30(40)18-9-19(13-37-20-6-7-20)27(35)26(11-18)42-2/h5,8-13,16,20-21H,3-4,6-7,14-15,35H2,1-2H3,(H2,36,41)(H,38,40)/t21-,32-/m0/s1. The molecular weight excluding hydrogens is 573 g/mol. The lowest BCUT2D eigenvalue weighted by atomic mass is 9.82. The molecule has 3 aromatic rings. The fourth-order valence-electron chi connectivity index (χ4n) is 5.42. The van der Waals surface area contributed by atoms with Gasteiger partial charge in [-0.05, 0) is 68.9 Å². The van der Waals surface area contributed by atoms with Crippen LogP contribution in [-0.2, 0) is 10.2 Å². The number of amides is 2. The Labute approximate surface area is 253 Å². The van der Waals surface area contributed by atoms with Crippen molar-refractivity contribution in [2.45, 2.75) is 50.0 Å². The lowest BCUT2D eigenvalue weighted by Gasteiger charge is -2.22. The number of hydrogen-bond donors (Lipinski definition) is 3. The van der Waals surface area contributed by atoms with Crippen molar-refractivity contribution in [3.8, 4) is 22.8 Å². The third-order valence-electron chi connectivity index (χ3n) is 8.51. The van der Waals surface area contributed by atoms with Crippen molar-refractivity contribution < 1.29 is 23.5 Å². The number of nitrogens with zero attached hydrogens (tertiary/aromatic N) is 2. The number of fused-ring (bicyclic) bond motifs is 1. The lowest BCUT2D eigenvalue weighted by molar-refractivity contribution is -0.123. The first-order valence-corrected chi connectivity index (χ1v) is 14.7. The fourth-order valence-corrected chi connectivity index (χ4v) is 5.53. The zero-order valence-corrected chi connectivity index (χ0v) is 24.7. The molecule has 11 heteroatoms. The second kappa shape index (κ2) is 11.1. The van der Waals surface area contributed by atoms with Gasteiger partial charge in [0, 0.05) is 46.6 Å². The second-order valence-corrected chi connectivity index (χ2v) is 12.1. The SMILES string of the molecule is COc1cc(C(=O)NC[C@H](c2cc3c(c(-c4ccc(Cl)c(F)c4)n2)OC[C@]3(C)C(N)=O)C2CC2)cc(C=NC2CC2)c1N. The molecule has 2 atom stereocenters. The van der Waals surface area contributed by atoms with Gasteiger partial charge in [0.1, 0.15) is 35.0 Å². The Morgan fingerprint density at radius 1 is 1.26 bits per heavy atom. The van der Waals surface area contributed by atoms with Crippen molar-refractivity contribution in [1.82, 2.24) is 10.3 Å². The Hall–Kier alpha value is -4.18. The predicted octanol–water partition coefficient (Wildman–Crippen LogP) is 4.77. The second-order valence-electron chi connectivity index (χ2n) is 11.7. The molecule has 1 aliphatic heterocycles. The monoisotopic (exact) mass is 605 g/mol. The number of anilines is 1. The number of carbonyl (C=O) groups is 2. The maximum atomic E-state index is 14.5. The largest absolute Gasteiger partial charge is 0.495 e. The Balaban J connectivity index is 1.33. The van der Waals surface area contributed by atoms with Crippen LogP contribution in [-0.4, -0.2) is 49.3 Å². The van der Waals surface area contributed by atoms with E-state index in [1.807, 2.05) is 6.07 Å². The molecule has 2 saturated carbocycles. The molecule has 0 saturated heterocycles. The quantitative estimate of drug-likeness (QED) is 0.224. The number of methoxy groups -OCH3 is 1. The number of pyridine rings is 1. The topological polar surface area (TPSA) is 142 Å². The van der Waals surface area contributed by atoms with E-state index in [1.165, 1.54) is 19.2 Å². The highest BCUT2D eigenvalue weighted by molar-refractivity contribution is 6.30. The minimum atomic E-state index is -1.09. The van der Waals surface area contributed by atoms with Gasteiger partial charge in [0.25, 0.3) is 5.91 Å². The van der Waals surface area contributed by atoms with E-state index >= 15 is 0 Å². The van der Waals surface area contributed by atoms with Crippen molar-refractivity contribution in [2.75, 3.05) is 26.0 Å². The summed E-state index contributed by atoms with van der Waals surface area (Å²) >= 11 is 5.95. The van der Waals surface area contributed by atoms with Gasteiger partial charge in [0.15, 0.2) is 0 Å². The molecule has 5 N–H and O–H groups in total. The van der Waals surface area contributed by atoms with Crippen LogP contribution in [0.3, 0.4) is 0 Å². The number of primary amides is 1. The van der Waals surface area contributed by atoms with Crippen molar-refractivity contribution in [2.24, 2.45) is 16.6 Å².